The van der Waals surface area contributed by atoms with Crippen LogP contribution in [0.2, 0.25) is 0 Å². The molecule has 240 valence electrons. The zero-order valence-electron chi connectivity index (χ0n) is 27.9. The van der Waals surface area contributed by atoms with Crippen molar-refractivity contribution in [3.05, 3.63) is 107 Å². The fourth-order valence-electron chi connectivity index (χ4n) is 7.29. The molecule has 0 saturated heterocycles. The van der Waals surface area contributed by atoms with Gasteiger partial charge in [0.1, 0.15) is 17.2 Å². The van der Waals surface area contributed by atoms with Gasteiger partial charge < -0.3 is 33.2 Å². The minimum atomic E-state index is -0.956. The summed E-state index contributed by atoms with van der Waals surface area (Å²) >= 11 is 0. The lowest BCUT2D eigenvalue weighted by Crippen LogP contribution is -2.35. The molecule has 0 spiro atoms. The Labute approximate surface area is 275 Å². The molecule has 0 atom stereocenters. The predicted octanol–water partition coefficient (Wildman–Crippen LogP) is 8.55. The van der Waals surface area contributed by atoms with E-state index in [1.165, 1.54) is 0 Å². The van der Waals surface area contributed by atoms with Crippen molar-refractivity contribution in [1.82, 2.24) is 0 Å². The Balaban J connectivity index is 1.58. The third-order valence-electron chi connectivity index (χ3n) is 9.68. The Kier molecular flexibility index (Phi) is 7.23. The van der Waals surface area contributed by atoms with E-state index in [1.807, 2.05) is 30.3 Å². The summed E-state index contributed by atoms with van der Waals surface area (Å²) in [6, 6.07) is 24.3. The zero-order chi connectivity index (χ0) is 33.1. The summed E-state index contributed by atoms with van der Waals surface area (Å²) in [7, 11) is 9.98. The molecule has 1 heterocycles. The molecule has 7 heteroatoms. The maximum Gasteiger partial charge on any atom is 0.178 e. The highest BCUT2D eigenvalue weighted by atomic mass is 16.5. The first-order valence-corrected chi connectivity index (χ1v) is 15.4. The van der Waals surface area contributed by atoms with Gasteiger partial charge in [0.15, 0.2) is 28.6 Å². The summed E-state index contributed by atoms with van der Waals surface area (Å²) in [6.45, 7) is 4.50. The van der Waals surface area contributed by atoms with E-state index in [0.29, 0.717) is 23.0 Å². The molecule has 0 fully saturated rings. The topological polar surface area (TPSA) is 64.6 Å². The van der Waals surface area contributed by atoms with Crippen LogP contribution in [-0.4, -0.2) is 42.7 Å². The van der Waals surface area contributed by atoms with E-state index in [1.54, 1.807) is 42.7 Å². The Morgan fingerprint density at radius 2 is 1.04 bits per heavy atom. The van der Waals surface area contributed by atoms with Crippen molar-refractivity contribution in [2.24, 2.45) is 0 Å². The van der Waals surface area contributed by atoms with Crippen LogP contribution in [0, 0.1) is 0 Å². The number of rotatable bonds is 8. The minimum absolute atomic E-state index is 0.399. The van der Waals surface area contributed by atoms with Crippen molar-refractivity contribution < 1.29 is 33.2 Å². The van der Waals surface area contributed by atoms with E-state index < -0.39 is 11.0 Å². The first kappa shape index (κ1) is 30.4. The fraction of sp³-hybridized carbons (Fsp3) is 0.250. The van der Waals surface area contributed by atoms with Crippen LogP contribution < -0.4 is 33.2 Å². The molecule has 7 rings (SSSR count). The van der Waals surface area contributed by atoms with Crippen LogP contribution in [0.5, 0.6) is 40.2 Å². The Bertz CT molecular complexity index is 1990. The van der Waals surface area contributed by atoms with Crippen molar-refractivity contribution in [3.8, 4) is 51.4 Å². The van der Waals surface area contributed by atoms with Gasteiger partial charge in [0.2, 0.25) is 0 Å². The Hall–Kier alpha value is -5.30. The van der Waals surface area contributed by atoms with Crippen LogP contribution in [0.25, 0.3) is 28.0 Å². The second-order valence-electron chi connectivity index (χ2n) is 12.3. The third kappa shape index (κ3) is 4.40. The van der Waals surface area contributed by atoms with E-state index in [2.05, 4.69) is 68.5 Å². The van der Waals surface area contributed by atoms with Gasteiger partial charge in [-0.1, -0.05) is 44.2 Å². The molecule has 0 bridgehead atoms. The van der Waals surface area contributed by atoms with E-state index in [9.17, 15) is 0 Å². The van der Waals surface area contributed by atoms with Crippen LogP contribution in [0.4, 0.5) is 0 Å². The smallest absolute Gasteiger partial charge is 0.178 e. The predicted molar refractivity (Wildman–Crippen MR) is 184 cm³/mol. The molecule has 0 amide bonds. The lowest BCUT2D eigenvalue weighted by atomic mass is 9.76. The summed E-state index contributed by atoms with van der Waals surface area (Å²) in [4.78, 5) is 0. The summed E-state index contributed by atoms with van der Waals surface area (Å²) < 4.78 is 41.7. The van der Waals surface area contributed by atoms with Gasteiger partial charge in [0.05, 0.1) is 42.7 Å². The van der Waals surface area contributed by atoms with Gasteiger partial charge in [0.25, 0.3) is 0 Å². The van der Waals surface area contributed by atoms with E-state index in [-0.39, 0.29) is 0 Å². The minimum Gasteiger partial charge on any atom is -0.497 e. The largest absolute Gasteiger partial charge is 0.497 e. The molecule has 0 unspecified atom stereocenters. The molecule has 1 aliphatic heterocycles. The summed E-state index contributed by atoms with van der Waals surface area (Å²) in [6.07, 6.45) is 4.37. The van der Waals surface area contributed by atoms with Crippen molar-refractivity contribution in [1.29, 1.82) is 0 Å². The van der Waals surface area contributed by atoms with Crippen molar-refractivity contribution >= 4 is 16.8 Å². The first-order chi connectivity index (χ1) is 22.7. The fourth-order valence-corrected chi connectivity index (χ4v) is 7.29. The van der Waals surface area contributed by atoms with Gasteiger partial charge >= 0.3 is 0 Å². The van der Waals surface area contributed by atoms with E-state index in [4.69, 9.17) is 33.2 Å². The third-order valence-corrected chi connectivity index (χ3v) is 9.68. The molecule has 1 aliphatic carbocycles. The van der Waals surface area contributed by atoms with Crippen molar-refractivity contribution in [3.63, 3.8) is 0 Å². The Morgan fingerprint density at radius 3 is 1.55 bits per heavy atom. The molecule has 5 aromatic rings. The molecule has 5 aromatic carbocycles. The number of hydrogen-bond acceptors (Lipinski definition) is 7. The second kappa shape index (κ2) is 11.2. The van der Waals surface area contributed by atoms with Gasteiger partial charge in [-0.05, 0) is 82.2 Å². The highest BCUT2D eigenvalue weighted by molar-refractivity contribution is 6.10. The van der Waals surface area contributed by atoms with Crippen LogP contribution >= 0.6 is 0 Å². The molecule has 2 aliphatic rings. The maximum atomic E-state index is 7.42. The van der Waals surface area contributed by atoms with Gasteiger partial charge in [-0.25, -0.2) is 0 Å². The molecule has 0 N–H and O–H groups in total. The molecule has 0 radical (unpaired) electrons. The Morgan fingerprint density at radius 1 is 0.553 bits per heavy atom. The lowest BCUT2D eigenvalue weighted by Gasteiger charge is -2.38. The molecule has 0 aromatic heterocycles. The highest BCUT2D eigenvalue weighted by Crippen LogP contribution is 2.60. The van der Waals surface area contributed by atoms with Gasteiger partial charge in [-0.3, -0.25) is 0 Å². The van der Waals surface area contributed by atoms with E-state index in [0.717, 1.165) is 67.0 Å². The van der Waals surface area contributed by atoms with Gasteiger partial charge in [-0.2, -0.15) is 0 Å². The summed E-state index contributed by atoms with van der Waals surface area (Å²) in [5.41, 5.74) is 6.06. The quantitative estimate of drug-likeness (QED) is 0.170. The average molecular weight is 631 g/mol. The number of ether oxygens (including phenoxy) is 7. The molecular formula is C40H38O7. The van der Waals surface area contributed by atoms with E-state index >= 15 is 0 Å². The van der Waals surface area contributed by atoms with Gasteiger partial charge in [-0.15, -0.1) is 0 Å². The van der Waals surface area contributed by atoms with Crippen LogP contribution in [-0.2, 0) is 11.0 Å². The first-order valence-electron chi connectivity index (χ1n) is 15.4. The summed E-state index contributed by atoms with van der Waals surface area (Å²) in [5, 5.41) is 1.90. The highest BCUT2D eigenvalue weighted by Gasteiger charge is 2.45. The number of benzene rings is 5. The van der Waals surface area contributed by atoms with Gasteiger partial charge in [0, 0.05) is 27.5 Å². The second-order valence-corrected chi connectivity index (χ2v) is 12.3. The molecule has 7 nitrogen and oxygen atoms in total. The summed E-state index contributed by atoms with van der Waals surface area (Å²) in [5.74, 6) is 4.91. The molecule has 0 saturated carbocycles. The standard InChI is InChI=1S/C40H38O7/c1-39(2)31-22-35(46-8)34(45-7)21-30(31)36-28-19-32(43-5)33(44-6)20-29(28)38-27(37(36)39)17-18-40(47-38,23-9-13-25(41-3)14-10-23)24-11-15-26(42-4)16-12-24/h9-22H,1-8H3. The SMILES string of the molecule is COc1ccc(C2(c3ccc(OC)cc3)C=Cc3c4c(c5cc(OC)c(OC)cc5c3O2)-c2cc(OC)c(OC)cc2C4(C)C)cc1. The van der Waals surface area contributed by atoms with Crippen LogP contribution in [0.3, 0.4) is 0 Å². The monoisotopic (exact) mass is 630 g/mol. The number of hydrogen-bond donors (Lipinski definition) is 0. The maximum absolute atomic E-state index is 7.42. The normalized spacial score (nSPS) is 14.8. The zero-order valence-corrected chi connectivity index (χ0v) is 27.9. The van der Waals surface area contributed by atoms with Crippen LogP contribution in [0.15, 0.2) is 78.9 Å². The van der Waals surface area contributed by atoms with Crippen LogP contribution in [0.1, 0.15) is 41.7 Å². The average Bonchev–Trinajstić information content (AvgIpc) is 3.35. The lowest BCUT2D eigenvalue weighted by molar-refractivity contribution is 0.163. The number of methoxy groups -OCH3 is 6. The number of fused-ring (bicyclic) bond motifs is 8. The molecule has 47 heavy (non-hydrogen) atoms. The van der Waals surface area contributed by atoms with Crippen molar-refractivity contribution in [2.45, 2.75) is 24.9 Å². The molecular weight excluding hydrogens is 592 g/mol. The van der Waals surface area contributed by atoms with Crippen molar-refractivity contribution in [2.75, 3.05) is 42.7 Å².